The fourth-order valence-corrected chi connectivity index (χ4v) is 3.97. The highest BCUT2D eigenvalue weighted by atomic mass is 35.5. The van der Waals surface area contributed by atoms with E-state index in [0.717, 1.165) is 9.21 Å². The lowest BCUT2D eigenvalue weighted by atomic mass is 10.1. The molecule has 134 valence electrons. The summed E-state index contributed by atoms with van der Waals surface area (Å²) in [4.78, 5) is 15.9. The Labute approximate surface area is 158 Å². The van der Waals surface area contributed by atoms with Crippen LogP contribution >= 0.6 is 22.9 Å². The van der Waals surface area contributed by atoms with Crippen LogP contribution in [0.3, 0.4) is 0 Å². The zero-order valence-electron chi connectivity index (χ0n) is 15.0. The maximum absolute atomic E-state index is 13.1. The fraction of sp³-hybridized carbons (Fsp3) is 0.474. The lowest BCUT2D eigenvalue weighted by molar-refractivity contribution is 0.0756. The number of carbonyl (C=O) groups excluding carboxylic acids is 1. The van der Waals surface area contributed by atoms with E-state index in [0.29, 0.717) is 24.7 Å². The average Bonchev–Trinajstić information content (AvgIpc) is 3.14. The van der Waals surface area contributed by atoms with Crippen molar-refractivity contribution in [3.8, 4) is 0 Å². The van der Waals surface area contributed by atoms with Crippen LogP contribution in [0.25, 0.3) is 0 Å². The second-order valence-electron chi connectivity index (χ2n) is 7.49. The lowest BCUT2D eigenvalue weighted by Crippen LogP contribution is -2.31. The van der Waals surface area contributed by atoms with Crippen molar-refractivity contribution < 1.29 is 4.79 Å². The first-order valence-corrected chi connectivity index (χ1v) is 9.74. The van der Waals surface area contributed by atoms with Crippen molar-refractivity contribution in [2.75, 3.05) is 6.54 Å². The number of hydrogen-bond acceptors (Lipinski definition) is 3. The third kappa shape index (κ3) is 4.15. The number of rotatable bonds is 6. The lowest BCUT2D eigenvalue weighted by Gasteiger charge is -2.22. The van der Waals surface area contributed by atoms with Gasteiger partial charge in [0.1, 0.15) is 0 Å². The Morgan fingerprint density at radius 3 is 2.72 bits per heavy atom. The molecule has 6 heteroatoms. The summed E-state index contributed by atoms with van der Waals surface area (Å²) in [6.07, 6.45) is 4.11. The molecule has 0 aliphatic heterocycles. The van der Waals surface area contributed by atoms with Gasteiger partial charge < -0.3 is 4.90 Å². The SMILES string of the molecule is C=CCN(Cc1ccc(Cl)s1)C(=O)c1cc(C2CC2)n(C(C)(C)C)n1. The van der Waals surface area contributed by atoms with Crippen molar-refractivity contribution >= 4 is 28.8 Å². The second-order valence-corrected chi connectivity index (χ2v) is 9.29. The van der Waals surface area contributed by atoms with Gasteiger partial charge in [-0.25, -0.2) is 0 Å². The van der Waals surface area contributed by atoms with Gasteiger partial charge in [0, 0.05) is 23.0 Å². The van der Waals surface area contributed by atoms with Crippen molar-refractivity contribution in [2.24, 2.45) is 0 Å². The molecule has 1 aliphatic carbocycles. The largest absolute Gasteiger partial charge is 0.328 e. The molecule has 0 atom stereocenters. The Kier molecular flexibility index (Phi) is 5.07. The van der Waals surface area contributed by atoms with Crippen molar-refractivity contribution in [3.63, 3.8) is 0 Å². The van der Waals surface area contributed by atoms with Gasteiger partial charge in [0.2, 0.25) is 0 Å². The quantitative estimate of drug-likeness (QED) is 0.660. The number of amides is 1. The summed E-state index contributed by atoms with van der Waals surface area (Å²) in [6, 6.07) is 5.79. The molecule has 0 bridgehead atoms. The monoisotopic (exact) mass is 377 g/mol. The standard InChI is InChI=1S/C19H24ClN3OS/c1-5-10-22(12-14-8-9-17(20)25-14)18(24)15-11-16(13-6-7-13)23(21-15)19(2,3)4/h5,8-9,11,13H,1,6-7,10,12H2,2-4H3. The van der Waals surface area contributed by atoms with Crippen LogP contribution in [0.5, 0.6) is 0 Å². The van der Waals surface area contributed by atoms with Crippen LogP contribution in [0.1, 0.15) is 60.6 Å². The van der Waals surface area contributed by atoms with Crippen LogP contribution in [0, 0.1) is 0 Å². The van der Waals surface area contributed by atoms with Crippen molar-refractivity contribution in [2.45, 2.75) is 51.6 Å². The van der Waals surface area contributed by atoms with Crippen LogP contribution in [-0.2, 0) is 12.1 Å². The van der Waals surface area contributed by atoms with E-state index >= 15 is 0 Å². The molecule has 2 aromatic heterocycles. The Morgan fingerprint density at radius 1 is 1.48 bits per heavy atom. The summed E-state index contributed by atoms with van der Waals surface area (Å²) in [6.45, 7) is 11.1. The van der Waals surface area contributed by atoms with Crippen molar-refractivity contribution in [1.82, 2.24) is 14.7 Å². The van der Waals surface area contributed by atoms with Gasteiger partial charge in [0.25, 0.3) is 5.91 Å². The predicted molar refractivity (Wildman–Crippen MR) is 103 cm³/mol. The summed E-state index contributed by atoms with van der Waals surface area (Å²) in [5.41, 5.74) is 1.55. The maximum Gasteiger partial charge on any atom is 0.274 e. The normalized spacial score (nSPS) is 14.6. The molecule has 0 saturated heterocycles. The first-order valence-electron chi connectivity index (χ1n) is 8.54. The number of aromatic nitrogens is 2. The molecule has 3 rings (SSSR count). The van der Waals surface area contributed by atoms with Gasteiger partial charge in [-0.2, -0.15) is 5.10 Å². The highest BCUT2D eigenvalue weighted by Crippen LogP contribution is 2.41. The van der Waals surface area contributed by atoms with Gasteiger partial charge in [0.15, 0.2) is 5.69 Å². The van der Waals surface area contributed by atoms with E-state index in [1.165, 1.54) is 29.9 Å². The minimum atomic E-state index is -0.138. The number of carbonyl (C=O) groups is 1. The van der Waals surface area contributed by atoms with E-state index in [2.05, 4.69) is 32.4 Å². The number of thiophene rings is 1. The zero-order chi connectivity index (χ0) is 18.2. The number of nitrogens with zero attached hydrogens (tertiary/aromatic N) is 3. The van der Waals surface area contributed by atoms with E-state index < -0.39 is 0 Å². The molecule has 1 fully saturated rings. The van der Waals surface area contributed by atoms with Crippen LogP contribution in [0.2, 0.25) is 4.34 Å². The van der Waals surface area contributed by atoms with Crippen LogP contribution in [0.15, 0.2) is 30.9 Å². The van der Waals surface area contributed by atoms with E-state index in [1.807, 2.05) is 22.9 Å². The van der Waals surface area contributed by atoms with Gasteiger partial charge in [-0.05, 0) is 51.8 Å². The minimum absolute atomic E-state index is 0.0608. The van der Waals surface area contributed by atoms with Crippen LogP contribution < -0.4 is 0 Å². The number of halogens is 1. The highest BCUT2D eigenvalue weighted by molar-refractivity contribution is 7.16. The molecule has 0 N–H and O–H groups in total. The maximum atomic E-state index is 13.1. The molecule has 25 heavy (non-hydrogen) atoms. The first-order chi connectivity index (χ1) is 11.8. The summed E-state index contributed by atoms with van der Waals surface area (Å²) in [5, 5.41) is 4.66. The van der Waals surface area contributed by atoms with Gasteiger partial charge in [-0.3, -0.25) is 9.48 Å². The van der Waals surface area contributed by atoms with E-state index in [9.17, 15) is 4.79 Å². The average molecular weight is 378 g/mol. The molecule has 4 nitrogen and oxygen atoms in total. The topological polar surface area (TPSA) is 38.1 Å². The summed E-state index contributed by atoms with van der Waals surface area (Å²) in [5.74, 6) is 0.478. The van der Waals surface area contributed by atoms with Crippen LogP contribution in [0.4, 0.5) is 0 Å². The highest BCUT2D eigenvalue weighted by Gasteiger charge is 2.33. The van der Waals surface area contributed by atoms with Gasteiger partial charge in [0.05, 0.1) is 16.4 Å². The Hall–Kier alpha value is -1.59. The Bertz CT molecular complexity index is 783. The summed E-state index contributed by atoms with van der Waals surface area (Å²) in [7, 11) is 0. The Morgan fingerprint density at radius 2 is 2.20 bits per heavy atom. The molecule has 0 radical (unpaired) electrons. The van der Waals surface area contributed by atoms with E-state index in [1.54, 1.807) is 11.0 Å². The van der Waals surface area contributed by atoms with Crippen molar-refractivity contribution in [3.05, 3.63) is 51.5 Å². The minimum Gasteiger partial charge on any atom is -0.328 e. The third-order valence-electron chi connectivity index (χ3n) is 4.20. The molecular weight excluding hydrogens is 354 g/mol. The molecule has 1 aliphatic rings. The second kappa shape index (κ2) is 6.96. The van der Waals surface area contributed by atoms with Gasteiger partial charge in [-0.15, -0.1) is 17.9 Å². The van der Waals surface area contributed by atoms with E-state index in [4.69, 9.17) is 11.6 Å². The molecule has 1 saturated carbocycles. The van der Waals surface area contributed by atoms with Crippen LogP contribution in [-0.4, -0.2) is 27.1 Å². The van der Waals surface area contributed by atoms with Crippen molar-refractivity contribution in [1.29, 1.82) is 0 Å². The number of hydrogen-bond donors (Lipinski definition) is 0. The summed E-state index contributed by atoms with van der Waals surface area (Å²) < 4.78 is 2.75. The molecular formula is C19H24ClN3OS. The fourth-order valence-electron chi connectivity index (χ4n) is 2.87. The molecule has 2 heterocycles. The molecule has 0 aromatic carbocycles. The predicted octanol–water partition coefficient (Wildman–Crippen LogP) is 5.06. The third-order valence-corrected chi connectivity index (χ3v) is 5.42. The van der Waals surface area contributed by atoms with Gasteiger partial charge in [-0.1, -0.05) is 17.7 Å². The molecule has 0 unspecified atom stereocenters. The molecule has 1 amide bonds. The molecule has 0 spiro atoms. The zero-order valence-corrected chi connectivity index (χ0v) is 16.5. The van der Waals surface area contributed by atoms with E-state index in [-0.39, 0.29) is 11.4 Å². The molecule has 2 aromatic rings. The Balaban J connectivity index is 1.87. The smallest absolute Gasteiger partial charge is 0.274 e. The summed E-state index contributed by atoms with van der Waals surface area (Å²) >= 11 is 7.51. The first kappa shape index (κ1) is 18.2. The van der Waals surface area contributed by atoms with Gasteiger partial charge >= 0.3 is 0 Å².